The molecule has 0 saturated carbocycles. The molecule has 1 aromatic rings. The van der Waals surface area contributed by atoms with E-state index in [0.29, 0.717) is 5.92 Å². The van der Waals surface area contributed by atoms with Gasteiger partial charge in [-0.3, -0.25) is 0 Å². The van der Waals surface area contributed by atoms with E-state index in [9.17, 15) is 0 Å². The summed E-state index contributed by atoms with van der Waals surface area (Å²) in [5.41, 5.74) is -0.0525. The molecule has 2 heterocycles. The van der Waals surface area contributed by atoms with Crippen LogP contribution >= 0.6 is 0 Å². The summed E-state index contributed by atoms with van der Waals surface area (Å²) in [4.78, 5) is 4.57. The summed E-state index contributed by atoms with van der Waals surface area (Å²) in [5.74, 6) is 2.33. The van der Waals surface area contributed by atoms with Crippen LogP contribution in [0.25, 0.3) is 0 Å². The van der Waals surface area contributed by atoms with Gasteiger partial charge in [0.15, 0.2) is 5.82 Å². The monoisotopic (exact) mass is 237 g/mol. The molecule has 1 unspecified atom stereocenters. The van der Waals surface area contributed by atoms with Crippen LogP contribution in [0.1, 0.15) is 58.2 Å². The van der Waals surface area contributed by atoms with Gasteiger partial charge in [0.05, 0.1) is 5.54 Å². The predicted molar refractivity (Wildman–Crippen MR) is 66.7 cm³/mol. The highest BCUT2D eigenvalue weighted by Gasteiger charge is 2.38. The Morgan fingerprint density at radius 1 is 1.47 bits per heavy atom. The van der Waals surface area contributed by atoms with E-state index in [0.717, 1.165) is 43.9 Å². The van der Waals surface area contributed by atoms with Crippen LogP contribution in [0.4, 0.5) is 0 Å². The van der Waals surface area contributed by atoms with Crippen molar-refractivity contribution in [2.24, 2.45) is 5.92 Å². The maximum absolute atomic E-state index is 5.45. The van der Waals surface area contributed by atoms with Gasteiger partial charge >= 0.3 is 0 Å². The van der Waals surface area contributed by atoms with E-state index in [1.807, 2.05) is 0 Å². The first-order valence-corrected chi connectivity index (χ1v) is 6.74. The van der Waals surface area contributed by atoms with Gasteiger partial charge in [0, 0.05) is 6.42 Å². The number of aromatic nitrogens is 2. The van der Waals surface area contributed by atoms with Crippen LogP contribution in [-0.4, -0.2) is 16.7 Å². The SMILES string of the molecule is CCC1(c2nc(CCC(C)C)no2)CCCN1. The summed E-state index contributed by atoms with van der Waals surface area (Å²) in [7, 11) is 0. The third-order valence-corrected chi connectivity index (χ3v) is 3.67. The highest BCUT2D eigenvalue weighted by atomic mass is 16.5. The first-order valence-electron chi connectivity index (χ1n) is 6.74. The van der Waals surface area contributed by atoms with Crippen LogP contribution in [0.15, 0.2) is 4.52 Å². The molecule has 0 radical (unpaired) electrons. The van der Waals surface area contributed by atoms with Crippen molar-refractivity contribution in [3.63, 3.8) is 0 Å². The zero-order valence-corrected chi connectivity index (χ0v) is 11.1. The molecule has 4 nitrogen and oxygen atoms in total. The molecule has 1 aliphatic heterocycles. The summed E-state index contributed by atoms with van der Waals surface area (Å²) in [5, 5.41) is 7.62. The van der Waals surface area contributed by atoms with Gasteiger partial charge < -0.3 is 9.84 Å². The highest BCUT2D eigenvalue weighted by molar-refractivity contribution is 5.06. The first kappa shape index (κ1) is 12.6. The van der Waals surface area contributed by atoms with Gasteiger partial charge in [0.1, 0.15) is 0 Å². The van der Waals surface area contributed by atoms with Gasteiger partial charge in [-0.25, -0.2) is 0 Å². The van der Waals surface area contributed by atoms with E-state index in [1.165, 1.54) is 6.42 Å². The largest absolute Gasteiger partial charge is 0.337 e. The fraction of sp³-hybridized carbons (Fsp3) is 0.846. The van der Waals surface area contributed by atoms with Gasteiger partial charge in [0.2, 0.25) is 5.89 Å². The van der Waals surface area contributed by atoms with E-state index in [1.54, 1.807) is 0 Å². The second-order valence-corrected chi connectivity index (χ2v) is 5.41. The lowest BCUT2D eigenvalue weighted by Gasteiger charge is -2.22. The van der Waals surface area contributed by atoms with Crippen LogP contribution in [0.2, 0.25) is 0 Å². The van der Waals surface area contributed by atoms with Crippen LogP contribution < -0.4 is 5.32 Å². The molecule has 0 spiro atoms. The fourth-order valence-corrected chi connectivity index (χ4v) is 2.41. The standard InChI is InChI=1S/C13H23N3O/c1-4-13(8-5-9-14-13)12-15-11(16-17-12)7-6-10(2)3/h10,14H,4-9H2,1-3H3. The van der Waals surface area contributed by atoms with Gasteiger partial charge in [0.25, 0.3) is 0 Å². The lowest BCUT2D eigenvalue weighted by Crippen LogP contribution is -2.36. The molecule has 4 heteroatoms. The molecule has 1 N–H and O–H groups in total. The molecule has 1 saturated heterocycles. The molecule has 17 heavy (non-hydrogen) atoms. The number of aryl methyl sites for hydroxylation is 1. The van der Waals surface area contributed by atoms with E-state index < -0.39 is 0 Å². The zero-order chi connectivity index (χ0) is 12.3. The lowest BCUT2D eigenvalue weighted by atomic mass is 9.94. The Hall–Kier alpha value is -0.900. The van der Waals surface area contributed by atoms with Crippen LogP contribution in [0.5, 0.6) is 0 Å². The molecule has 1 fully saturated rings. The van der Waals surface area contributed by atoms with Crippen molar-refractivity contribution in [1.82, 2.24) is 15.5 Å². The summed E-state index contributed by atoms with van der Waals surface area (Å²) < 4.78 is 5.45. The Morgan fingerprint density at radius 3 is 2.88 bits per heavy atom. The predicted octanol–water partition coefficient (Wildman–Crippen LogP) is 2.65. The van der Waals surface area contributed by atoms with Crippen molar-refractivity contribution in [3.8, 4) is 0 Å². The first-order chi connectivity index (χ1) is 8.16. The molecule has 1 aromatic heterocycles. The maximum Gasteiger partial charge on any atom is 0.246 e. The Bertz CT molecular complexity index is 353. The molecule has 1 atom stereocenters. The third-order valence-electron chi connectivity index (χ3n) is 3.67. The van der Waals surface area contributed by atoms with E-state index in [-0.39, 0.29) is 5.54 Å². The zero-order valence-electron chi connectivity index (χ0n) is 11.1. The Kier molecular flexibility index (Phi) is 3.82. The minimum Gasteiger partial charge on any atom is -0.337 e. The van der Waals surface area contributed by atoms with Crippen molar-refractivity contribution < 1.29 is 4.52 Å². The number of nitrogens with one attached hydrogen (secondary N) is 1. The van der Waals surface area contributed by atoms with Gasteiger partial charge in [-0.1, -0.05) is 25.9 Å². The minimum atomic E-state index is -0.0525. The molecule has 96 valence electrons. The summed E-state index contributed by atoms with van der Waals surface area (Å²) in [6.45, 7) is 7.66. The highest BCUT2D eigenvalue weighted by Crippen LogP contribution is 2.32. The quantitative estimate of drug-likeness (QED) is 0.855. The molecular formula is C13H23N3O. The normalized spacial score (nSPS) is 24.7. The molecule has 0 aromatic carbocycles. The number of hydrogen-bond donors (Lipinski definition) is 1. The molecule has 0 amide bonds. The third kappa shape index (κ3) is 2.68. The van der Waals surface area contributed by atoms with Gasteiger partial charge in [-0.05, 0) is 38.1 Å². The van der Waals surface area contributed by atoms with Crippen LogP contribution in [-0.2, 0) is 12.0 Å². The van der Waals surface area contributed by atoms with Gasteiger partial charge in [-0.15, -0.1) is 0 Å². The molecule has 1 aliphatic rings. The van der Waals surface area contributed by atoms with Crippen molar-refractivity contribution in [3.05, 3.63) is 11.7 Å². The maximum atomic E-state index is 5.45. The topological polar surface area (TPSA) is 51.0 Å². The minimum absolute atomic E-state index is 0.0525. The van der Waals surface area contributed by atoms with Crippen molar-refractivity contribution in [2.75, 3.05) is 6.54 Å². The fourth-order valence-electron chi connectivity index (χ4n) is 2.41. The molecular weight excluding hydrogens is 214 g/mol. The summed E-state index contributed by atoms with van der Waals surface area (Å²) in [6.07, 6.45) is 5.35. The van der Waals surface area contributed by atoms with Crippen LogP contribution in [0.3, 0.4) is 0 Å². The molecule has 0 aliphatic carbocycles. The Balaban J connectivity index is 2.06. The van der Waals surface area contributed by atoms with Gasteiger partial charge in [-0.2, -0.15) is 4.98 Å². The number of hydrogen-bond acceptors (Lipinski definition) is 4. The second kappa shape index (κ2) is 5.17. The van der Waals surface area contributed by atoms with Crippen molar-refractivity contribution >= 4 is 0 Å². The Labute approximate surface area is 103 Å². The Morgan fingerprint density at radius 2 is 2.29 bits per heavy atom. The number of rotatable bonds is 5. The van der Waals surface area contributed by atoms with Crippen molar-refractivity contribution in [2.45, 2.75) is 58.4 Å². The van der Waals surface area contributed by atoms with Crippen molar-refractivity contribution in [1.29, 1.82) is 0 Å². The smallest absolute Gasteiger partial charge is 0.246 e. The average Bonchev–Trinajstić information content (AvgIpc) is 2.96. The lowest BCUT2D eigenvalue weighted by molar-refractivity contribution is 0.249. The molecule has 0 bridgehead atoms. The summed E-state index contributed by atoms with van der Waals surface area (Å²) >= 11 is 0. The van der Waals surface area contributed by atoms with E-state index in [2.05, 4.69) is 36.2 Å². The number of nitrogens with zero attached hydrogens (tertiary/aromatic N) is 2. The summed E-state index contributed by atoms with van der Waals surface area (Å²) in [6, 6.07) is 0. The van der Waals surface area contributed by atoms with E-state index in [4.69, 9.17) is 4.52 Å². The van der Waals surface area contributed by atoms with E-state index >= 15 is 0 Å². The molecule has 2 rings (SSSR count). The average molecular weight is 237 g/mol. The van der Waals surface area contributed by atoms with Crippen LogP contribution in [0, 0.1) is 5.92 Å². The second-order valence-electron chi connectivity index (χ2n) is 5.41.